The van der Waals surface area contributed by atoms with Crippen molar-refractivity contribution in [2.45, 2.75) is 39.0 Å². The Balaban J connectivity index is 2.61. The second kappa shape index (κ2) is 6.04. The first-order valence-corrected chi connectivity index (χ1v) is 6.13. The zero-order chi connectivity index (χ0) is 14.6. The average Bonchev–Trinajstić information content (AvgIpc) is 2.29. The van der Waals surface area contributed by atoms with Crippen LogP contribution in [0, 0.1) is 0 Å². The molecule has 1 atom stereocenters. The smallest absolute Gasteiger partial charge is 0.410 e. The molecule has 0 spiro atoms. The van der Waals surface area contributed by atoms with Gasteiger partial charge < -0.3 is 14.4 Å². The molecular weight excluding hydrogens is 253 g/mol. The van der Waals surface area contributed by atoms with Gasteiger partial charge in [-0.2, -0.15) is 0 Å². The van der Waals surface area contributed by atoms with Crippen LogP contribution in [0.3, 0.4) is 0 Å². The van der Waals surface area contributed by atoms with Gasteiger partial charge in [-0.15, -0.1) is 0 Å². The highest BCUT2D eigenvalue weighted by Crippen LogP contribution is 2.21. The van der Waals surface area contributed by atoms with Crippen molar-refractivity contribution in [3.8, 4) is 0 Å². The van der Waals surface area contributed by atoms with E-state index in [9.17, 15) is 14.0 Å². The summed E-state index contributed by atoms with van der Waals surface area (Å²) in [7, 11) is 1.24. The molecule has 1 fully saturated rings. The zero-order valence-electron chi connectivity index (χ0n) is 11.7. The maximum atomic E-state index is 13.9. The Bertz CT molecular complexity index is 387. The van der Waals surface area contributed by atoms with Gasteiger partial charge in [0, 0.05) is 12.6 Å². The van der Waals surface area contributed by atoms with E-state index in [-0.39, 0.29) is 6.54 Å². The lowest BCUT2D eigenvalue weighted by Crippen LogP contribution is -2.44. The van der Waals surface area contributed by atoms with Crippen molar-refractivity contribution < 1.29 is 23.5 Å². The molecule has 19 heavy (non-hydrogen) atoms. The van der Waals surface area contributed by atoms with Gasteiger partial charge in [0.05, 0.1) is 13.7 Å². The van der Waals surface area contributed by atoms with E-state index >= 15 is 0 Å². The molecule has 0 radical (unpaired) electrons. The summed E-state index contributed by atoms with van der Waals surface area (Å²) in [6, 6.07) is 0. The summed E-state index contributed by atoms with van der Waals surface area (Å²) in [5.41, 5.74) is -0.253. The van der Waals surface area contributed by atoms with E-state index in [1.54, 1.807) is 20.8 Å². The average molecular weight is 273 g/mol. The van der Waals surface area contributed by atoms with Crippen LogP contribution in [0.25, 0.3) is 0 Å². The number of piperidine rings is 1. The first kappa shape index (κ1) is 15.5. The number of nitrogens with zero attached hydrogens (tertiary/aromatic N) is 1. The molecule has 0 aromatic heterocycles. The highest BCUT2D eigenvalue weighted by atomic mass is 19.1. The van der Waals surface area contributed by atoms with Crippen LogP contribution in [-0.4, -0.2) is 48.9 Å². The lowest BCUT2D eigenvalue weighted by molar-refractivity contribution is -0.134. The number of hydrogen-bond donors (Lipinski definition) is 0. The number of esters is 1. The molecule has 1 unspecified atom stereocenters. The van der Waals surface area contributed by atoms with Crippen molar-refractivity contribution >= 4 is 12.1 Å². The zero-order valence-corrected chi connectivity index (χ0v) is 11.7. The molecule has 1 saturated heterocycles. The second-order valence-corrected chi connectivity index (χ2v) is 5.39. The Morgan fingerprint density at radius 3 is 2.53 bits per heavy atom. The molecule has 108 valence electrons. The minimum absolute atomic E-state index is 0.0995. The van der Waals surface area contributed by atoms with Crippen molar-refractivity contribution in [2.24, 2.45) is 0 Å². The van der Waals surface area contributed by atoms with E-state index in [4.69, 9.17) is 4.74 Å². The van der Waals surface area contributed by atoms with Crippen molar-refractivity contribution in [3.05, 3.63) is 11.6 Å². The van der Waals surface area contributed by atoms with Crippen LogP contribution in [0.4, 0.5) is 9.18 Å². The van der Waals surface area contributed by atoms with Crippen LogP contribution in [0.2, 0.25) is 0 Å². The molecule has 0 aromatic rings. The molecular formula is C13H20FNO4. The van der Waals surface area contributed by atoms with Crippen LogP contribution >= 0.6 is 0 Å². The third kappa shape index (κ3) is 4.89. The molecule has 6 heteroatoms. The quantitative estimate of drug-likeness (QED) is 0.542. The first-order chi connectivity index (χ1) is 8.73. The minimum Gasteiger partial charge on any atom is -0.466 e. The molecule has 0 N–H and O–H groups in total. The highest BCUT2D eigenvalue weighted by molar-refractivity contribution is 5.83. The molecule has 0 bridgehead atoms. The van der Waals surface area contributed by atoms with Crippen molar-refractivity contribution in [3.63, 3.8) is 0 Å². The summed E-state index contributed by atoms with van der Waals surface area (Å²) in [5, 5.41) is 0. The highest BCUT2D eigenvalue weighted by Gasteiger charge is 2.30. The summed E-state index contributed by atoms with van der Waals surface area (Å²) < 4.78 is 23.5. The number of amides is 1. The van der Waals surface area contributed by atoms with Crippen LogP contribution in [0.15, 0.2) is 11.6 Å². The fourth-order valence-electron chi connectivity index (χ4n) is 1.69. The van der Waals surface area contributed by atoms with Gasteiger partial charge in [0.2, 0.25) is 0 Å². The van der Waals surface area contributed by atoms with Crippen LogP contribution in [-0.2, 0) is 14.3 Å². The number of methoxy groups -OCH3 is 1. The summed E-state index contributed by atoms with van der Waals surface area (Å²) in [4.78, 5) is 24.1. The maximum absolute atomic E-state index is 13.9. The lowest BCUT2D eigenvalue weighted by atomic mass is 10.0. The number of ether oxygens (including phenoxy) is 2. The first-order valence-electron chi connectivity index (χ1n) is 6.13. The minimum atomic E-state index is -1.36. The Morgan fingerprint density at radius 1 is 1.42 bits per heavy atom. The fourth-order valence-corrected chi connectivity index (χ4v) is 1.69. The Morgan fingerprint density at radius 2 is 2.05 bits per heavy atom. The number of alkyl halides is 1. The Labute approximate surface area is 112 Å². The summed E-state index contributed by atoms with van der Waals surface area (Å²) >= 11 is 0. The SMILES string of the molecule is COC(=O)/C=C1\CCN(C(=O)OC(C)(C)C)CC1F. The molecule has 1 aliphatic heterocycles. The predicted molar refractivity (Wildman–Crippen MR) is 67.4 cm³/mol. The van der Waals surface area contributed by atoms with E-state index in [0.717, 1.165) is 6.08 Å². The van der Waals surface area contributed by atoms with Gasteiger partial charge in [-0.05, 0) is 32.8 Å². The maximum Gasteiger partial charge on any atom is 0.410 e. The number of rotatable bonds is 1. The lowest BCUT2D eigenvalue weighted by Gasteiger charge is -2.32. The normalized spacial score (nSPS) is 22.3. The van der Waals surface area contributed by atoms with Gasteiger partial charge in [-0.3, -0.25) is 0 Å². The Hall–Kier alpha value is -1.59. The van der Waals surface area contributed by atoms with Crippen LogP contribution in [0.5, 0.6) is 0 Å². The molecule has 0 aromatic carbocycles. The van der Waals surface area contributed by atoms with Crippen molar-refractivity contribution in [2.75, 3.05) is 20.2 Å². The van der Waals surface area contributed by atoms with Gasteiger partial charge >= 0.3 is 12.1 Å². The van der Waals surface area contributed by atoms with E-state index in [1.807, 2.05) is 0 Å². The monoisotopic (exact) mass is 273 g/mol. The van der Waals surface area contributed by atoms with Gasteiger partial charge in [-0.25, -0.2) is 14.0 Å². The van der Waals surface area contributed by atoms with Gasteiger partial charge in [0.1, 0.15) is 11.8 Å². The van der Waals surface area contributed by atoms with Crippen molar-refractivity contribution in [1.29, 1.82) is 0 Å². The number of carbonyl (C=O) groups is 2. The molecule has 5 nitrogen and oxygen atoms in total. The van der Waals surface area contributed by atoms with Gasteiger partial charge in [0.25, 0.3) is 0 Å². The number of hydrogen-bond acceptors (Lipinski definition) is 4. The van der Waals surface area contributed by atoms with Gasteiger partial charge in [-0.1, -0.05) is 0 Å². The van der Waals surface area contributed by atoms with Crippen molar-refractivity contribution in [1.82, 2.24) is 4.90 Å². The fraction of sp³-hybridized carbons (Fsp3) is 0.692. The summed E-state index contributed by atoms with van der Waals surface area (Å²) in [5.74, 6) is -0.580. The number of likely N-dealkylation sites (tertiary alicyclic amines) is 1. The standard InChI is InChI=1S/C13H20FNO4/c1-13(2,3)19-12(17)15-6-5-9(10(14)8-15)7-11(16)18-4/h7,10H,5-6,8H2,1-4H3/b9-7+. The number of halogens is 1. The van der Waals surface area contributed by atoms with E-state index in [0.29, 0.717) is 18.5 Å². The Kier molecular flexibility index (Phi) is 4.91. The summed E-state index contributed by atoms with van der Waals surface area (Å²) in [6.07, 6.45) is -0.445. The molecule has 1 aliphatic rings. The third-order valence-corrected chi connectivity index (χ3v) is 2.61. The molecule has 1 heterocycles. The largest absolute Gasteiger partial charge is 0.466 e. The second-order valence-electron chi connectivity index (χ2n) is 5.39. The summed E-state index contributed by atoms with van der Waals surface area (Å²) in [6.45, 7) is 5.50. The molecule has 0 aliphatic carbocycles. The topological polar surface area (TPSA) is 55.8 Å². The van der Waals surface area contributed by atoms with Crippen LogP contribution in [0.1, 0.15) is 27.2 Å². The number of carbonyl (C=O) groups excluding carboxylic acids is 2. The van der Waals surface area contributed by atoms with E-state index < -0.39 is 23.8 Å². The molecule has 1 rings (SSSR count). The van der Waals surface area contributed by atoms with E-state index in [1.165, 1.54) is 12.0 Å². The van der Waals surface area contributed by atoms with E-state index in [2.05, 4.69) is 4.74 Å². The predicted octanol–water partition coefficient (Wildman–Crippen LogP) is 2.06. The third-order valence-electron chi connectivity index (χ3n) is 2.61. The molecule has 1 amide bonds. The van der Waals surface area contributed by atoms with Gasteiger partial charge in [0.15, 0.2) is 0 Å². The molecule has 0 saturated carbocycles. The van der Waals surface area contributed by atoms with Crippen LogP contribution < -0.4 is 0 Å².